The zero-order valence-corrected chi connectivity index (χ0v) is 14.1. The Morgan fingerprint density at radius 1 is 1.12 bits per heavy atom. The fourth-order valence-electron chi connectivity index (χ4n) is 2.65. The number of para-hydroxylation sites is 1. The predicted octanol–water partition coefficient (Wildman–Crippen LogP) is 3.32. The molecule has 3 aromatic rings. The maximum absolute atomic E-state index is 12.4. The third-order valence-corrected chi connectivity index (χ3v) is 3.93. The average Bonchev–Trinajstić information content (AvgIpc) is 2.57. The van der Waals surface area contributed by atoms with Crippen molar-refractivity contribution in [2.75, 3.05) is 23.8 Å². The molecular formula is C19H20N4O. The number of nitrogens with zero attached hydrogens (tertiary/aromatic N) is 3. The molecule has 1 amide bonds. The number of carbonyl (C=O) groups is 1. The van der Waals surface area contributed by atoms with Gasteiger partial charge in [0.1, 0.15) is 12.1 Å². The molecule has 0 saturated carbocycles. The Balaban J connectivity index is 1.77. The van der Waals surface area contributed by atoms with E-state index in [9.17, 15) is 4.79 Å². The number of likely N-dealkylation sites (N-methyl/N-ethyl adjacent to an activating group) is 1. The maximum atomic E-state index is 12.4. The Bertz CT molecular complexity index is 886. The number of benzene rings is 2. The van der Waals surface area contributed by atoms with Crippen LogP contribution in [-0.4, -0.2) is 29.5 Å². The van der Waals surface area contributed by atoms with Gasteiger partial charge in [0.2, 0.25) is 5.91 Å². The maximum Gasteiger partial charge on any atom is 0.243 e. The molecule has 24 heavy (non-hydrogen) atoms. The lowest BCUT2D eigenvalue weighted by Crippen LogP contribution is -2.31. The van der Waals surface area contributed by atoms with Crippen LogP contribution in [0.4, 0.5) is 11.5 Å². The van der Waals surface area contributed by atoms with Crippen molar-refractivity contribution in [3.8, 4) is 0 Å². The minimum absolute atomic E-state index is 0.0751. The van der Waals surface area contributed by atoms with Crippen LogP contribution < -0.4 is 10.2 Å². The molecule has 5 nitrogen and oxygen atoms in total. The Labute approximate surface area is 141 Å². The first-order chi connectivity index (χ1) is 11.5. The molecule has 0 bridgehead atoms. The van der Waals surface area contributed by atoms with Crippen molar-refractivity contribution in [3.05, 3.63) is 59.9 Å². The van der Waals surface area contributed by atoms with Gasteiger partial charge in [-0.2, -0.15) is 0 Å². The van der Waals surface area contributed by atoms with Crippen molar-refractivity contribution >= 4 is 28.3 Å². The monoisotopic (exact) mass is 320 g/mol. The Kier molecular flexibility index (Phi) is 4.42. The number of hydrogen-bond donors (Lipinski definition) is 1. The highest BCUT2D eigenvalue weighted by Gasteiger charge is 2.13. The number of aryl methyl sites for hydroxylation is 2. The van der Waals surface area contributed by atoms with Crippen molar-refractivity contribution in [2.45, 2.75) is 13.8 Å². The summed E-state index contributed by atoms with van der Waals surface area (Å²) in [5.41, 5.74) is 3.88. The van der Waals surface area contributed by atoms with Crippen LogP contribution in [0.5, 0.6) is 0 Å². The van der Waals surface area contributed by atoms with Crippen molar-refractivity contribution in [1.29, 1.82) is 0 Å². The minimum atomic E-state index is -0.0751. The van der Waals surface area contributed by atoms with E-state index in [1.54, 1.807) is 0 Å². The van der Waals surface area contributed by atoms with Gasteiger partial charge in [-0.3, -0.25) is 4.79 Å². The molecule has 5 heteroatoms. The summed E-state index contributed by atoms with van der Waals surface area (Å²) in [6.07, 6.45) is 1.52. The van der Waals surface area contributed by atoms with Crippen LogP contribution in [0.3, 0.4) is 0 Å². The van der Waals surface area contributed by atoms with E-state index in [-0.39, 0.29) is 12.5 Å². The number of fused-ring (bicyclic) bond motifs is 1. The highest BCUT2D eigenvalue weighted by Crippen LogP contribution is 2.21. The molecule has 3 rings (SSSR count). The third-order valence-electron chi connectivity index (χ3n) is 3.93. The zero-order valence-electron chi connectivity index (χ0n) is 14.1. The van der Waals surface area contributed by atoms with Crippen molar-refractivity contribution < 1.29 is 4.79 Å². The van der Waals surface area contributed by atoms with Crippen LogP contribution in [0.2, 0.25) is 0 Å². The first kappa shape index (κ1) is 15.9. The summed E-state index contributed by atoms with van der Waals surface area (Å²) in [5.74, 6) is 0.672. The fourth-order valence-corrected chi connectivity index (χ4v) is 2.65. The fraction of sp³-hybridized carbons (Fsp3) is 0.211. The van der Waals surface area contributed by atoms with E-state index in [4.69, 9.17) is 0 Å². The molecule has 0 atom stereocenters. The molecule has 1 N–H and O–H groups in total. The third kappa shape index (κ3) is 3.35. The molecular weight excluding hydrogens is 300 g/mol. The van der Waals surface area contributed by atoms with Crippen LogP contribution in [-0.2, 0) is 4.79 Å². The van der Waals surface area contributed by atoms with E-state index in [1.807, 2.05) is 68.3 Å². The molecule has 1 heterocycles. The van der Waals surface area contributed by atoms with Gasteiger partial charge in [0.15, 0.2) is 0 Å². The van der Waals surface area contributed by atoms with Gasteiger partial charge in [0, 0.05) is 18.1 Å². The SMILES string of the molecule is Cc1ccc(C)c(NC(=O)CN(C)c2ncnc3ccccc23)c1. The molecule has 0 unspecified atom stereocenters. The summed E-state index contributed by atoms with van der Waals surface area (Å²) in [4.78, 5) is 22.8. The number of rotatable bonds is 4. The van der Waals surface area contributed by atoms with Gasteiger partial charge in [-0.05, 0) is 43.2 Å². The Morgan fingerprint density at radius 2 is 1.92 bits per heavy atom. The summed E-state index contributed by atoms with van der Waals surface area (Å²) in [6.45, 7) is 4.21. The molecule has 0 fully saturated rings. The van der Waals surface area contributed by atoms with Crippen LogP contribution in [0.25, 0.3) is 10.9 Å². The van der Waals surface area contributed by atoms with Gasteiger partial charge >= 0.3 is 0 Å². The standard InChI is InChI=1S/C19H20N4O/c1-13-8-9-14(2)17(10-13)22-18(24)11-23(3)19-15-6-4-5-7-16(15)20-12-21-19/h4-10,12H,11H2,1-3H3,(H,22,24). The van der Waals surface area contributed by atoms with Crippen molar-refractivity contribution in [3.63, 3.8) is 0 Å². The number of hydrogen-bond acceptors (Lipinski definition) is 4. The van der Waals surface area contributed by atoms with E-state index < -0.39 is 0 Å². The summed E-state index contributed by atoms with van der Waals surface area (Å²) in [6, 6.07) is 13.8. The van der Waals surface area contributed by atoms with Crippen LogP contribution in [0.15, 0.2) is 48.8 Å². The highest BCUT2D eigenvalue weighted by atomic mass is 16.2. The van der Waals surface area contributed by atoms with Crippen molar-refractivity contribution in [1.82, 2.24) is 9.97 Å². The van der Waals surface area contributed by atoms with Crippen LogP contribution >= 0.6 is 0 Å². The molecule has 0 saturated heterocycles. The number of nitrogens with one attached hydrogen (secondary N) is 1. The lowest BCUT2D eigenvalue weighted by atomic mass is 10.1. The number of anilines is 2. The van der Waals surface area contributed by atoms with E-state index in [1.165, 1.54) is 6.33 Å². The highest BCUT2D eigenvalue weighted by molar-refractivity contribution is 5.96. The average molecular weight is 320 g/mol. The summed E-state index contributed by atoms with van der Waals surface area (Å²) < 4.78 is 0. The lowest BCUT2D eigenvalue weighted by Gasteiger charge is -2.19. The summed E-state index contributed by atoms with van der Waals surface area (Å²) in [5, 5.41) is 3.91. The van der Waals surface area contributed by atoms with Gasteiger partial charge < -0.3 is 10.2 Å². The smallest absolute Gasteiger partial charge is 0.243 e. The second kappa shape index (κ2) is 6.66. The molecule has 122 valence electrons. The molecule has 0 aliphatic carbocycles. The number of carbonyl (C=O) groups excluding carboxylic acids is 1. The minimum Gasteiger partial charge on any atom is -0.350 e. The first-order valence-electron chi connectivity index (χ1n) is 7.82. The van der Waals surface area contributed by atoms with Gasteiger partial charge in [-0.1, -0.05) is 24.3 Å². The van der Waals surface area contributed by atoms with E-state index >= 15 is 0 Å². The van der Waals surface area contributed by atoms with E-state index in [0.717, 1.165) is 33.5 Å². The first-order valence-corrected chi connectivity index (χ1v) is 7.82. The Hall–Kier alpha value is -2.95. The molecule has 0 aliphatic heterocycles. The second-order valence-electron chi connectivity index (χ2n) is 5.94. The van der Waals surface area contributed by atoms with E-state index in [0.29, 0.717) is 0 Å². The number of amides is 1. The molecule has 2 aromatic carbocycles. The number of aromatic nitrogens is 2. The van der Waals surface area contributed by atoms with Gasteiger partial charge in [-0.15, -0.1) is 0 Å². The lowest BCUT2D eigenvalue weighted by molar-refractivity contribution is -0.114. The molecule has 0 aliphatic rings. The van der Waals surface area contributed by atoms with Crippen molar-refractivity contribution in [2.24, 2.45) is 0 Å². The Morgan fingerprint density at radius 3 is 2.75 bits per heavy atom. The summed E-state index contributed by atoms with van der Waals surface area (Å²) in [7, 11) is 1.86. The van der Waals surface area contributed by atoms with Gasteiger partial charge in [-0.25, -0.2) is 9.97 Å². The largest absolute Gasteiger partial charge is 0.350 e. The molecule has 0 radical (unpaired) electrons. The normalized spacial score (nSPS) is 10.6. The molecule has 1 aromatic heterocycles. The quantitative estimate of drug-likeness (QED) is 0.801. The van der Waals surface area contributed by atoms with Crippen LogP contribution in [0, 0.1) is 13.8 Å². The second-order valence-corrected chi connectivity index (χ2v) is 5.94. The van der Waals surface area contributed by atoms with Gasteiger partial charge in [0.05, 0.1) is 12.1 Å². The predicted molar refractivity (Wildman–Crippen MR) is 97.4 cm³/mol. The van der Waals surface area contributed by atoms with Crippen LogP contribution in [0.1, 0.15) is 11.1 Å². The summed E-state index contributed by atoms with van der Waals surface area (Å²) >= 11 is 0. The molecule has 0 spiro atoms. The zero-order chi connectivity index (χ0) is 17.1. The van der Waals surface area contributed by atoms with E-state index in [2.05, 4.69) is 15.3 Å². The van der Waals surface area contributed by atoms with Gasteiger partial charge in [0.25, 0.3) is 0 Å². The topological polar surface area (TPSA) is 58.1 Å².